The molecule has 2 aromatic rings. The number of carboxylic acids is 1. The van der Waals surface area contributed by atoms with Gasteiger partial charge in [0.2, 0.25) is 0 Å². The van der Waals surface area contributed by atoms with Crippen LogP contribution < -0.4 is 4.74 Å². The number of nitrogens with zero attached hydrogens (tertiary/aromatic N) is 2. The van der Waals surface area contributed by atoms with Crippen molar-refractivity contribution in [3.63, 3.8) is 0 Å². The first-order valence-electron chi connectivity index (χ1n) is 7.00. The maximum atomic E-state index is 12.3. The number of pyridine rings is 1. The number of hydrogen-bond donors (Lipinski definition) is 1. The molecule has 3 rings (SSSR count). The largest absolute Gasteiger partial charge is 0.497 e. The summed E-state index contributed by atoms with van der Waals surface area (Å²) in [5.74, 6) is -0.918. The van der Waals surface area contributed by atoms with E-state index in [0.717, 1.165) is 22.0 Å². The molecule has 9 heteroatoms. The summed E-state index contributed by atoms with van der Waals surface area (Å²) in [5.41, 5.74) is 1.22. The molecule has 1 aromatic carbocycles. The number of ether oxygens (including phenoxy) is 1. The van der Waals surface area contributed by atoms with Crippen molar-refractivity contribution in [2.75, 3.05) is 13.7 Å². The summed E-state index contributed by atoms with van der Waals surface area (Å²) in [6, 6.07) is 7.20. The molecule has 1 saturated heterocycles. The first kappa shape index (κ1) is 17.7. The third kappa shape index (κ3) is 3.60. The van der Waals surface area contributed by atoms with E-state index in [9.17, 15) is 9.59 Å². The van der Waals surface area contributed by atoms with Gasteiger partial charge in [0.25, 0.3) is 5.91 Å². The van der Waals surface area contributed by atoms with Crippen LogP contribution in [0.1, 0.15) is 5.56 Å². The Kier molecular flexibility index (Phi) is 4.94. The van der Waals surface area contributed by atoms with Crippen LogP contribution in [0.3, 0.4) is 0 Å². The molecule has 1 amide bonds. The predicted molar refractivity (Wildman–Crippen MR) is 101 cm³/mol. The summed E-state index contributed by atoms with van der Waals surface area (Å²) in [5, 5.41) is 9.92. The maximum Gasteiger partial charge on any atom is 0.323 e. The number of halogens is 1. The first-order valence-corrected chi connectivity index (χ1v) is 8.61. The highest BCUT2D eigenvalue weighted by Crippen LogP contribution is 2.34. The molecule has 0 spiro atoms. The van der Waals surface area contributed by atoms with E-state index in [4.69, 9.17) is 33.7 Å². The third-order valence-electron chi connectivity index (χ3n) is 3.46. The van der Waals surface area contributed by atoms with Crippen molar-refractivity contribution >= 4 is 68.8 Å². The van der Waals surface area contributed by atoms with Crippen molar-refractivity contribution in [3.05, 3.63) is 39.9 Å². The highest BCUT2D eigenvalue weighted by molar-refractivity contribution is 8.26. The van der Waals surface area contributed by atoms with Crippen molar-refractivity contribution < 1.29 is 19.4 Å². The van der Waals surface area contributed by atoms with Crippen LogP contribution in [0.4, 0.5) is 0 Å². The highest BCUT2D eigenvalue weighted by atomic mass is 35.5. The Morgan fingerprint density at radius 3 is 2.92 bits per heavy atom. The lowest BCUT2D eigenvalue weighted by atomic mass is 10.1. The smallest absolute Gasteiger partial charge is 0.323 e. The van der Waals surface area contributed by atoms with Crippen molar-refractivity contribution in [1.82, 2.24) is 9.88 Å². The van der Waals surface area contributed by atoms with Crippen LogP contribution in [0.5, 0.6) is 5.75 Å². The molecule has 25 heavy (non-hydrogen) atoms. The molecule has 128 valence electrons. The van der Waals surface area contributed by atoms with Gasteiger partial charge in [0.15, 0.2) is 0 Å². The molecule has 0 atom stereocenters. The van der Waals surface area contributed by atoms with Gasteiger partial charge in [0, 0.05) is 17.0 Å². The number of methoxy groups -OCH3 is 1. The van der Waals surface area contributed by atoms with Crippen LogP contribution in [0.15, 0.2) is 29.2 Å². The zero-order valence-corrected chi connectivity index (χ0v) is 15.2. The second kappa shape index (κ2) is 6.99. The van der Waals surface area contributed by atoms with E-state index in [1.165, 1.54) is 0 Å². The van der Waals surface area contributed by atoms with Crippen LogP contribution in [-0.4, -0.2) is 44.8 Å². The minimum Gasteiger partial charge on any atom is -0.497 e. The number of thioether (sulfide) groups is 1. The number of aromatic nitrogens is 1. The van der Waals surface area contributed by atoms with Crippen LogP contribution in [0.2, 0.25) is 5.15 Å². The van der Waals surface area contributed by atoms with Crippen LogP contribution in [-0.2, 0) is 9.59 Å². The first-order chi connectivity index (χ1) is 11.9. The summed E-state index contributed by atoms with van der Waals surface area (Å²) in [7, 11) is 1.57. The quantitative estimate of drug-likeness (QED) is 0.484. The van der Waals surface area contributed by atoms with Crippen LogP contribution in [0.25, 0.3) is 17.0 Å². The van der Waals surface area contributed by atoms with Gasteiger partial charge in [0.05, 0.1) is 17.5 Å². The topological polar surface area (TPSA) is 79.7 Å². The molecule has 1 N–H and O–H groups in total. The maximum absolute atomic E-state index is 12.3. The molecule has 1 aromatic heterocycles. The molecule has 0 unspecified atom stereocenters. The van der Waals surface area contributed by atoms with E-state index in [1.54, 1.807) is 31.4 Å². The van der Waals surface area contributed by atoms with Gasteiger partial charge >= 0.3 is 5.97 Å². The van der Waals surface area contributed by atoms with Gasteiger partial charge in [-0.1, -0.05) is 35.6 Å². The monoisotopic (exact) mass is 394 g/mol. The highest BCUT2D eigenvalue weighted by Gasteiger charge is 2.33. The third-order valence-corrected chi connectivity index (χ3v) is 5.14. The summed E-state index contributed by atoms with van der Waals surface area (Å²) < 4.78 is 5.36. The van der Waals surface area contributed by atoms with Gasteiger partial charge in [-0.25, -0.2) is 4.98 Å². The Morgan fingerprint density at radius 2 is 2.24 bits per heavy atom. The number of amides is 1. The Morgan fingerprint density at radius 1 is 1.48 bits per heavy atom. The number of carbonyl (C=O) groups is 2. The molecule has 2 heterocycles. The second-order valence-electron chi connectivity index (χ2n) is 5.09. The molecule has 1 aliphatic rings. The number of fused-ring (bicyclic) bond motifs is 1. The average Bonchev–Trinajstić information content (AvgIpc) is 2.82. The van der Waals surface area contributed by atoms with Crippen molar-refractivity contribution in [3.8, 4) is 5.75 Å². The lowest BCUT2D eigenvalue weighted by Gasteiger charge is -2.10. The lowest BCUT2D eigenvalue weighted by Crippen LogP contribution is -2.33. The Bertz CT molecular complexity index is 945. The number of rotatable bonds is 4. The minimum atomic E-state index is -1.13. The lowest BCUT2D eigenvalue weighted by molar-refractivity contribution is -0.140. The van der Waals surface area contributed by atoms with Gasteiger partial charge in [-0.3, -0.25) is 14.5 Å². The van der Waals surface area contributed by atoms with Gasteiger partial charge in [0.1, 0.15) is 21.8 Å². The van der Waals surface area contributed by atoms with E-state index in [2.05, 4.69) is 4.98 Å². The van der Waals surface area contributed by atoms with Gasteiger partial charge in [-0.15, -0.1) is 0 Å². The van der Waals surface area contributed by atoms with E-state index >= 15 is 0 Å². The molecule has 1 fully saturated rings. The summed E-state index contributed by atoms with van der Waals surface area (Å²) >= 11 is 12.3. The van der Waals surface area contributed by atoms with E-state index in [0.29, 0.717) is 21.7 Å². The fourth-order valence-corrected chi connectivity index (χ4v) is 3.73. The zero-order chi connectivity index (χ0) is 18.1. The summed E-state index contributed by atoms with van der Waals surface area (Å²) in [6.07, 6.45) is 1.57. The predicted octanol–water partition coefficient (Wildman–Crippen LogP) is 3.18. The van der Waals surface area contributed by atoms with Crippen molar-refractivity contribution in [2.45, 2.75) is 0 Å². The van der Waals surface area contributed by atoms with Crippen LogP contribution in [0, 0.1) is 0 Å². The number of hydrogen-bond acceptors (Lipinski definition) is 6. The average molecular weight is 395 g/mol. The minimum absolute atomic E-state index is 0.202. The van der Waals surface area contributed by atoms with E-state index in [-0.39, 0.29) is 9.47 Å². The number of benzene rings is 1. The summed E-state index contributed by atoms with van der Waals surface area (Å²) in [6.45, 7) is -0.467. The van der Waals surface area contributed by atoms with Crippen molar-refractivity contribution in [1.29, 1.82) is 0 Å². The molecule has 0 aliphatic carbocycles. The molecular formula is C16H11ClN2O4S2. The summed E-state index contributed by atoms with van der Waals surface area (Å²) in [4.78, 5) is 28.8. The standard InChI is InChI=1S/C16H11ClN2O4S2/c1-23-10-3-2-8-4-9(14(17)18-11(8)6-10)5-12-15(22)19(7-13(20)21)16(24)25-12/h2-6H,7H2,1H3,(H,20,21)/b12-5-. The molecule has 0 bridgehead atoms. The van der Waals surface area contributed by atoms with Gasteiger partial charge < -0.3 is 9.84 Å². The fraction of sp³-hybridized carbons (Fsp3) is 0.125. The van der Waals surface area contributed by atoms with E-state index in [1.807, 2.05) is 6.07 Å². The van der Waals surface area contributed by atoms with Gasteiger partial charge in [-0.05, 0) is 24.3 Å². The normalized spacial score (nSPS) is 16.1. The Labute approximate surface area is 157 Å². The molecule has 0 radical (unpaired) electrons. The van der Waals surface area contributed by atoms with Crippen LogP contribution >= 0.6 is 35.6 Å². The number of aliphatic carboxylic acids is 1. The van der Waals surface area contributed by atoms with Gasteiger partial charge in [-0.2, -0.15) is 0 Å². The molecular weight excluding hydrogens is 384 g/mol. The molecule has 6 nitrogen and oxygen atoms in total. The molecule has 0 saturated carbocycles. The number of carboxylic acid groups (broad SMARTS) is 1. The Hall–Kier alpha value is -2.16. The molecule has 1 aliphatic heterocycles. The second-order valence-corrected chi connectivity index (χ2v) is 7.12. The fourth-order valence-electron chi connectivity index (χ4n) is 2.28. The van der Waals surface area contributed by atoms with E-state index < -0.39 is 18.4 Å². The number of carbonyl (C=O) groups excluding carboxylic acids is 1. The number of thiocarbonyl (C=S) groups is 1. The zero-order valence-electron chi connectivity index (χ0n) is 12.9. The Balaban J connectivity index is 1.98. The SMILES string of the molecule is COc1ccc2cc(/C=C3\SC(=S)N(CC(=O)O)C3=O)c(Cl)nc2c1. The van der Waals surface area contributed by atoms with Crippen molar-refractivity contribution in [2.24, 2.45) is 0 Å².